The van der Waals surface area contributed by atoms with Crippen molar-refractivity contribution in [3.63, 3.8) is 0 Å². The summed E-state index contributed by atoms with van der Waals surface area (Å²) in [5.41, 5.74) is 0.895. The summed E-state index contributed by atoms with van der Waals surface area (Å²) in [6.45, 7) is 1.12. The Kier molecular flexibility index (Phi) is 5.51. The maximum atomic E-state index is 13.2. The molecule has 136 valence electrons. The number of nitrogens with one attached hydrogen (secondary N) is 1. The molecule has 0 spiro atoms. The van der Waals surface area contributed by atoms with Gasteiger partial charge in [-0.1, -0.05) is 12.1 Å². The molecule has 1 heterocycles. The van der Waals surface area contributed by atoms with Crippen molar-refractivity contribution in [1.29, 1.82) is 0 Å². The summed E-state index contributed by atoms with van der Waals surface area (Å²) in [5, 5.41) is 2.92. The second-order valence-corrected chi connectivity index (χ2v) is 6.28. The van der Waals surface area contributed by atoms with Crippen LogP contribution in [0.25, 0.3) is 0 Å². The number of benzene rings is 2. The molecule has 26 heavy (non-hydrogen) atoms. The van der Waals surface area contributed by atoms with Gasteiger partial charge in [-0.25, -0.2) is 4.39 Å². The number of ether oxygens (including phenoxy) is 1. The summed E-state index contributed by atoms with van der Waals surface area (Å²) in [5.74, 6) is -0.120. The van der Waals surface area contributed by atoms with Gasteiger partial charge in [0.15, 0.2) is 0 Å². The van der Waals surface area contributed by atoms with Crippen LogP contribution < -0.4 is 10.1 Å². The minimum absolute atomic E-state index is 0.0277. The molecular weight excluding hydrogens is 335 g/mol. The highest BCUT2D eigenvalue weighted by Gasteiger charge is 2.25. The molecule has 5 nitrogen and oxygen atoms in total. The Hall–Kier alpha value is -2.89. The second-order valence-electron chi connectivity index (χ2n) is 6.28. The Balaban J connectivity index is 1.55. The van der Waals surface area contributed by atoms with Crippen LogP contribution in [-0.4, -0.2) is 43.0 Å². The molecule has 3 rings (SSSR count). The summed E-state index contributed by atoms with van der Waals surface area (Å²) in [4.78, 5) is 26.6. The van der Waals surface area contributed by atoms with Gasteiger partial charge in [0.05, 0.1) is 7.11 Å². The molecule has 6 heteroatoms. The Morgan fingerprint density at radius 2 is 1.77 bits per heavy atom. The molecule has 0 bridgehead atoms. The van der Waals surface area contributed by atoms with Crippen molar-refractivity contribution in [3.8, 4) is 5.75 Å². The monoisotopic (exact) mass is 356 g/mol. The fraction of sp³-hybridized carbons (Fsp3) is 0.300. The molecule has 1 fully saturated rings. The molecule has 1 aliphatic heterocycles. The number of hydrogen-bond donors (Lipinski definition) is 1. The summed E-state index contributed by atoms with van der Waals surface area (Å²) in [6, 6.07) is 12.7. The SMILES string of the molecule is COc1cccc(C(=O)N2CCC(NC(=O)c3cccc(F)c3)CC2)c1. The van der Waals surface area contributed by atoms with Crippen LogP contribution in [0.3, 0.4) is 0 Å². The predicted molar refractivity (Wildman–Crippen MR) is 95.8 cm³/mol. The summed E-state index contributed by atoms with van der Waals surface area (Å²) >= 11 is 0. The predicted octanol–water partition coefficient (Wildman–Crippen LogP) is 2.87. The van der Waals surface area contributed by atoms with Crippen molar-refractivity contribution in [2.45, 2.75) is 18.9 Å². The number of methoxy groups -OCH3 is 1. The van der Waals surface area contributed by atoms with Crippen molar-refractivity contribution in [3.05, 3.63) is 65.5 Å². The van der Waals surface area contributed by atoms with Crippen LogP contribution in [0, 0.1) is 5.82 Å². The minimum Gasteiger partial charge on any atom is -0.497 e. The van der Waals surface area contributed by atoms with Crippen molar-refractivity contribution in [2.24, 2.45) is 0 Å². The molecule has 0 aliphatic carbocycles. The minimum atomic E-state index is -0.434. The highest BCUT2D eigenvalue weighted by Crippen LogP contribution is 2.18. The van der Waals surface area contributed by atoms with Gasteiger partial charge >= 0.3 is 0 Å². The zero-order valence-electron chi connectivity index (χ0n) is 14.6. The van der Waals surface area contributed by atoms with E-state index in [4.69, 9.17) is 4.74 Å². The zero-order valence-corrected chi connectivity index (χ0v) is 14.6. The maximum absolute atomic E-state index is 13.2. The van der Waals surface area contributed by atoms with Gasteiger partial charge in [0.25, 0.3) is 11.8 Å². The number of rotatable bonds is 4. The number of amides is 2. The van der Waals surface area contributed by atoms with Gasteiger partial charge in [-0.15, -0.1) is 0 Å². The maximum Gasteiger partial charge on any atom is 0.253 e. The molecule has 2 aromatic rings. The number of carbonyl (C=O) groups is 2. The van der Waals surface area contributed by atoms with Crippen LogP contribution in [0.15, 0.2) is 48.5 Å². The topological polar surface area (TPSA) is 58.6 Å². The second kappa shape index (κ2) is 7.99. The summed E-state index contributed by atoms with van der Waals surface area (Å²) in [6.07, 6.45) is 1.33. The molecule has 1 N–H and O–H groups in total. The van der Waals surface area contributed by atoms with Crippen LogP contribution >= 0.6 is 0 Å². The number of carbonyl (C=O) groups excluding carboxylic acids is 2. The lowest BCUT2D eigenvalue weighted by molar-refractivity contribution is 0.0697. The van der Waals surface area contributed by atoms with E-state index in [1.54, 1.807) is 42.3 Å². The number of nitrogens with zero attached hydrogens (tertiary/aromatic N) is 1. The molecule has 0 radical (unpaired) electrons. The number of halogens is 1. The standard InChI is InChI=1S/C20H21FN2O3/c1-26-18-7-3-5-15(13-18)20(25)23-10-8-17(9-11-23)22-19(24)14-4-2-6-16(21)12-14/h2-7,12-13,17H,8-11H2,1H3,(H,22,24). The molecular formula is C20H21FN2O3. The number of hydrogen-bond acceptors (Lipinski definition) is 3. The van der Waals surface area contributed by atoms with Gasteiger partial charge in [-0.2, -0.15) is 0 Å². The smallest absolute Gasteiger partial charge is 0.253 e. The van der Waals surface area contributed by atoms with Gasteiger partial charge in [0.1, 0.15) is 11.6 Å². The van der Waals surface area contributed by atoms with Crippen LogP contribution in [0.4, 0.5) is 4.39 Å². The molecule has 1 aliphatic rings. The summed E-state index contributed by atoms with van der Waals surface area (Å²) < 4.78 is 18.4. The van der Waals surface area contributed by atoms with E-state index in [1.165, 1.54) is 18.2 Å². The Bertz CT molecular complexity index is 801. The molecule has 2 amide bonds. The molecule has 0 saturated carbocycles. The van der Waals surface area contributed by atoms with Gasteiger partial charge in [-0.05, 0) is 49.2 Å². The Labute approximate surface area is 151 Å². The first-order valence-corrected chi connectivity index (χ1v) is 8.56. The van der Waals surface area contributed by atoms with Gasteiger partial charge in [0, 0.05) is 30.3 Å². The largest absolute Gasteiger partial charge is 0.497 e. The van der Waals surface area contributed by atoms with Crippen LogP contribution in [0.5, 0.6) is 5.75 Å². The van der Waals surface area contributed by atoms with Crippen molar-refractivity contribution in [2.75, 3.05) is 20.2 Å². The van der Waals surface area contributed by atoms with Crippen LogP contribution in [-0.2, 0) is 0 Å². The lowest BCUT2D eigenvalue weighted by atomic mass is 10.0. The molecule has 2 aromatic carbocycles. The highest BCUT2D eigenvalue weighted by molar-refractivity contribution is 5.95. The van der Waals surface area contributed by atoms with E-state index in [0.29, 0.717) is 42.8 Å². The van der Waals surface area contributed by atoms with Gasteiger partial charge in [0.2, 0.25) is 0 Å². The van der Waals surface area contributed by atoms with Gasteiger partial charge in [-0.3, -0.25) is 9.59 Å². The number of piperidine rings is 1. The third-order valence-electron chi connectivity index (χ3n) is 4.52. The Morgan fingerprint density at radius 1 is 1.08 bits per heavy atom. The average molecular weight is 356 g/mol. The average Bonchev–Trinajstić information content (AvgIpc) is 2.68. The molecule has 1 saturated heterocycles. The third-order valence-corrected chi connectivity index (χ3v) is 4.52. The van der Waals surface area contributed by atoms with Gasteiger partial charge < -0.3 is 15.0 Å². The lowest BCUT2D eigenvalue weighted by Crippen LogP contribution is -2.46. The van der Waals surface area contributed by atoms with E-state index in [2.05, 4.69) is 5.32 Å². The lowest BCUT2D eigenvalue weighted by Gasteiger charge is -2.32. The quantitative estimate of drug-likeness (QED) is 0.916. The highest BCUT2D eigenvalue weighted by atomic mass is 19.1. The molecule has 0 unspecified atom stereocenters. The van der Waals surface area contributed by atoms with E-state index < -0.39 is 5.82 Å². The fourth-order valence-corrected chi connectivity index (χ4v) is 3.06. The first kappa shape index (κ1) is 17.9. The fourth-order valence-electron chi connectivity index (χ4n) is 3.06. The Morgan fingerprint density at radius 3 is 2.46 bits per heavy atom. The van der Waals surface area contributed by atoms with Crippen molar-refractivity contribution in [1.82, 2.24) is 10.2 Å². The summed E-state index contributed by atoms with van der Waals surface area (Å²) in [7, 11) is 1.57. The molecule has 0 aromatic heterocycles. The van der Waals surface area contributed by atoms with E-state index in [-0.39, 0.29) is 17.9 Å². The van der Waals surface area contributed by atoms with E-state index in [9.17, 15) is 14.0 Å². The molecule has 0 atom stereocenters. The normalized spacial score (nSPS) is 14.8. The van der Waals surface area contributed by atoms with Crippen molar-refractivity contribution >= 4 is 11.8 Å². The van der Waals surface area contributed by atoms with Crippen molar-refractivity contribution < 1.29 is 18.7 Å². The first-order valence-electron chi connectivity index (χ1n) is 8.56. The van der Waals surface area contributed by atoms with E-state index in [0.717, 1.165) is 0 Å². The zero-order chi connectivity index (χ0) is 18.5. The number of likely N-dealkylation sites (tertiary alicyclic amines) is 1. The van der Waals surface area contributed by atoms with Crippen LogP contribution in [0.2, 0.25) is 0 Å². The van der Waals surface area contributed by atoms with E-state index >= 15 is 0 Å². The van der Waals surface area contributed by atoms with Crippen LogP contribution in [0.1, 0.15) is 33.6 Å². The third kappa shape index (κ3) is 4.20. The first-order chi connectivity index (χ1) is 12.6. The van der Waals surface area contributed by atoms with E-state index in [1.807, 2.05) is 0 Å².